The zero-order valence-corrected chi connectivity index (χ0v) is 12.4. The standard InChI is InChI=1S/C16H16N6/c1-3-10-4-5-12-13(6-10)21-15(20-12)11(7-17)14-9(2)8-19-16(18)22-14/h4-6,8,20-21H,3H2,1-2H3,(H2,18,19,22)/b15-11+. The first-order valence-electron chi connectivity index (χ1n) is 7.03. The Labute approximate surface area is 128 Å². The van der Waals surface area contributed by atoms with E-state index in [1.807, 2.05) is 13.0 Å². The first-order chi connectivity index (χ1) is 10.6. The zero-order valence-electron chi connectivity index (χ0n) is 12.4. The lowest BCUT2D eigenvalue weighted by Crippen LogP contribution is -2.07. The summed E-state index contributed by atoms with van der Waals surface area (Å²) in [6.45, 7) is 3.96. The van der Waals surface area contributed by atoms with Crippen LogP contribution in [0.25, 0.3) is 5.57 Å². The molecule has 0 radical (unpaired) electrons. The van der Waals surface area contributed by atoms with Gasteiger partial charge in [0.1, 0.15) is 17.5 Å². The van der Waals surface area contributed by atoms with Crippen LogP contribution in [0.1, 0.15) is 23.7 Å². The number of nitriles is 1. The molecular formula is C16H16N6. The molecule has 110 valence electrons. The van der Waals surface area contributed by atoms with Crippen molar-refractivity contribution in [2.24, 2.45) is 0 Å². The minimum atomic E-state index is 0.151. The number of nitrogens with two attached hydrogens (primary N) is 1. The molecule has 1 aliphatic heterocycles. The van der Waals surface area contributed by atoms with Crippen molar-refractivity contribution >= 4 is 22.9 Å². The second-order valence-electron chi connectivity index (χ2n) is 5.11. The normalized spacial score (nSPS) is 14.6. The van der Waals surface area contributed by atoms with Gasteiger partial charge in [0.05, 0.1) is 17.1 Å². The minimum absolute atomic E-state index is 0.151. The first-order valence-corrected chi connectivity index (χ1v) is 7.03. The van der Waals surface area contributed by atoms with Crippen molar-refractivity contribution in [3.05, 3.63) is 47.0 Å². The molecule has 1 aromatic carbocycles. The lowest BCUT2D eigenvalue weighted by molar-refractivity contribution is 1.12. The number of aromatic nitrogens is 2. The number of anilines is 3. The van der Waals surface area contributed by atoms with Crippen molar-refractivity contribution in [1.29, 1.82) is 5.26 Å². The number of rotatable bonds is 2. The van der Waals surface area contributed by atoms with Crippen LogP contribution in [-0.2, 0) is 6.42 Å². The Morgan fingerprint density at radius 3 is 2.82 bits per heavy atom. The van der Waals surface area contributed by atoms with Crippen molar-refractivity contribution in [1.82, 2.24) is 9.97 Å². The van der Waals surface area contributed by atoms with Gasteiger partial charge in [-0.15, -0.1) is 0 Å². The van der Waals surface area contributed by atoms with E-state index in [0.717, 1.165) is 23.4 Å². The quantitative estimate of drug-likeness (QED) is 0.736. The fourth-order valence-electron chi connectivity index (χ4n) is 2.39. The van der Waals surface area contributed by atoms with E-state index in [9.17, 15) is 5.26 Å². The Morgan fingerprint density at radius 2 is 2.09 bits per heavy atom. The van der Waals surface area contributed by atoms with Crippen LogP contribution >= 0.6 is 0 Å². The summed E-state index contributed by atoms with van der Waals surface area (Å²) < 4.78 is 0. The number of hydrogen-bond acceptors (Lipinski definition) is 6. The van der Waals surface area contributed by atoms with E-state index in [0.29, 0.717) is 17.1 Å². The summed E-state index contributed by atoms with van der Waals surface area (Å²) in [5.74, 6) is 0.768. The van der Waals surface area contributed by atoms with E-state index < -0.39 is 0 Å². The number of nitrogen functional groups attached to an aromatic ring is 1. The SMILES string of the molecule is CCc1ccc2c(c1)N/C(=C(\C#N)c1nc(N)ncc1C)N2. The van der Waals surface area contributed by atoms with Gasteiger partial charge in [0, 0.05) is 6.20 Å². The van der Waals surface area contributed by atoms with Gasteiger partial charge in [-0.2, -0.15) is 5.26 Å². The Bertz CT molecular complexity index is 816. The number of benzene rings is 1. The third kappa shape index (κ3) is 2.33. The molecule has 0 spiro atoms. The highest BCUT2D eigenvalue weighted by atomic mass is 15.2. The number of nitrogens with zero attached hydrogens (tertiary/aromatic N) is 3. The van der Waals surface area contributed by atoms with Gasteiger partial charge in [-0.05, 0) is 36.6 Å². The lowest BCUT2D eigenvalue weighted by Gasteiger charge is -2.07. The highest BCUT2D eigenvalue weighted by molar-refractivity contribution is 5.90. The zero-order chi connectivity index (χ0) is 15.7. The first kappa shape index (κ1) is 13.9. The molecule has 0 aliphatic carbocycles. The van der Waals surface area contributed by atoms with Crippen LogP contribution < -0.4 is 16.4 Å². The second kappa shape index (κ2) is 5.37. The van der Waals surface area contributed by atoms with Gasteiger partial charge < -0.3 is 16.4 Å². The average molecular weight is 292 g/mol. The summed E-state index contributed by atoms with van der Waals surface area (Å²) in [5, 5.41) is 16.0. The van der Waals surface area contributed by atoms with E-state index in [1.165, 1.54) is 5.56 Å². The summed E-state index contributed by atoms with van der Waals surface area (Å²) >= 11 is 0. The molecule has 0 unspecified atom stereocenters. The molecule has 3 rings (SSSR count). The Kier molecular flexibility index (Phi) is 3.39. The van der Waals surface area contributed by atoms with Crippen molar-refractivity contribution in [3.8, 4) is 6.07 Å². The van der Waals surface area contributed by atoms with Crippen LogP contribution in [0, 0.1) is 18.3 Å². The number of hydrogen-bond donors (Lipinski definition) is 3. The third-order valence-corrected chi connectivity index (χ3v) is 3.60. The highest BCUT2D eigenvalue weighted by Gasteiger charge is 2.21. The summed E-state index contributed by atoms with van der Waals surface area (Å²) in [6.07, 6.45) is 2.58. The van der Waals surface area contributed by atoms with E-state index in [1.54, 1.807) is 6.20 Å². The van der Waals surface area contributed by atoms with Crippen LogP contribution in [0.3, 0.4) is 0 Å². The molecular weight excluding hydrogens is 276 g/mol. The van der Waals surface area contributed by atoms with E-state index >= 15 is 0 Å². The topological polar surface area (TPSA) is 99.7 Å². The van der Waals surface area contributed by atoms with Crippen molar-refractivity contribution in [2.75, 3.05) is 16.4 Å². The minimum Gasteiger partial charge on any atom is -0.368 e. The van der Waals surface area contributed by atoms with Crippen molar-refractivity contribution < 1.29 is 0 Å². The monoisotopic (exact) mass is 292 g/mol. The molecule has 0 fully saturated rings. The van der Waals surface area contributed by atoms with Crippen molar-refractivity contribution in [2.45, 2.75) is 20.3 Å². The average Bonchev–Trinajstić information content (AvgIpc) is 2.93. The van der Waals surface area contributed by atoms with Crippen LogP contribution in [0.15, 0.2) is 30.2 Å². The van der Waals surface area contributed by atoms with Crippen LogP contribution in [-0.4, -0.2) is 9.97 Å². The summed E-state index contributed by atoms with van der Waals surface area (Å²) in [7, 11) is 0. The predicted molar refractivity (Wildman–Crippen MR) is 86.8 cm³/mol. The largest absolute Gasteiger partial charge is 0.368 e. The maximum Gasteiger partial charge on any atom is 0.220 e. The summed E-state index contributed by atoms with van der Waals surface area (Å²) in [6, 6.07) is 8.35. The van der Waals surface area contributed by atoms with Crippen LogP contribution in [0.5, 0.6) is 0 Å². The molecule has 22 heavy (non-hydrogen) atoms. The molecule has 0 saturated heterocycles. The lowest BCUT2D eigenvalue weighted by atomic mass is 10.1. The summed E-state index contributed by atoms with van der Waals surface area (Å²) in [5.41, 5.74) is 10.5. The molecule has 0 saturated carbocycles. The molecule has 2 aromatic rings. The predicted octanol–water partition coefficient (Wildman–Crippen LogP) is 2.66. The molecule has 1 aromatic heterocycles. The fraction of sp³-hybridized carbons (Fsp3) is 0.188. The molecule has 0 atom stereocenters. The molecule has 6 heteroatoms. The van der Waals surface area contributed by atoms with Crippen LogP contribution in [0.2, 0.25) is 0 Å². The molecule has 0 bridgehead atoms. The highest BCUT2D eigenvalue weighted by Crippen LogP contribution is 2.34. The maximum absolute atomic E-state index is 9.55. The third-order valence-electron chi connectivity index (χ3n) is 3.60. The molecule has 6 nitrogen and oxygen atoms in total. The van der Waals surface area contributed by atoms with Gasteiger partial charge in [-0.1, -0.05) is 13.0 Å². The van der Waals surface area contributed by atoms with Gasteiger partial charge in [0.2, 0.25) is 5.95 Å². The van der Waals surface area contributed by atoms with Crippen molar-refractivity contribution in [3.63, 3.8) is 0 Å². The number of aryl methyl sites for hydroxylation is 2. The van der Waals surface area contributed by atoms with E-state index in [4.69, 9.17) is 5.73 Å². The number of nitrogens with one attached hydrogen (secondary N) is 2. The van der Waals surface area contributed by atoms with Crippen LogP contribution in [0.4, 0.5) is 17.3 Å². The van der Waals surface area contributed by atoms with Gasteiger partial charge in [-0.3, -0.25) is 0 Å². The molecule has 1 aliphatic rings. The number of allylic oxidation sites excluding steroid dienone is 1. The van der Waals surface area contributed by atoms with E-state index in [-0.39, 0.29) is 5.95 Å². The van der Waals surface area contributed by atoms with Gasteiger partial charge in [-0.25, -0.2) is 9.97 Å². The van der Waals surface area contributed by atoms with Gasteiger partial charge in [0.25, 0.3) is 0 Å². The van der Waals surface area contributed by atoms with Gasteiger partial charge >= 0.3 is 0 Å². The smallest absolute Gasteiger partial charge is 0.220 e. The number of fused-ring (bicyclic) bond motifs is 1. The Balaban J connectivity index is 2.06. The second-order valence-corrected chi connectivity index (χ2v) is 5.11. The van der Waals surface area contributed by atoms with E-state index in [2.05, 4.69) is 45.7 Å². The molecule has 4 N–H and O–H groups in total. The maximum atomic E-state index is 9.55. The van der Waals surface area contributed by atoms with Gasteiger partial charge in [0.15, 0.2) is 0 Å². The Hall–Kier alpha value is -3.07. The summed E-state index contributed by atoms with van der Waals surface area (Å²) in [4.78, 5) is 8.13. The molecule has 0 amide bonds. The fourth-order valence-corrected chi connectivity index (χ4v) is 2.39. The Morgan fingerprint density at radius 1 is 1.32 bits per heavy atom. The molecule has 2 heterocycles.